The van der Waals surface area contributed by atoms with Crippen molar-refractivity contribution in [3.05, 3.63) is 81.3 Å². The van der Waals surface area contributed by atoms with Crippen LogP contribution in [0.25, 0.3) is 0 Å². The first-order valence-corrected chi connectivity index (χ1v) is 9.39. The zero-order chi connectivity index (χ0) is 18.5. The van der Waals surface area contributed by atoms with E-state index in [-0.39, 0.29) is 23.8 Å². The first-order chi connectivity index (χ1) is 12.5. The maximum atomic E-state index is 13.6. The minimum absolute atomic E-state index is 0.104. The largest absolute Gasteiger partial charge is 0.294 e. The molecule has 0 saturated carbocycles. The Bertz CT molecular complexity index is 988. The third-order valence-electron chi connectivity index (χ3n) is 5.58. The van der Waals surface area contributed by atoms with Crippen LogP contribution in [-0.4, -0.2) is 17.3 Å². The summed E-state index contributed by atoms with van der Waals surface area (Å²) in [6.45, 7) is 1.95. The SMILES string of the molecule is CC1=CC[C@]2(C(=O)c3ccccc3Br)C(=O)c3ccccc3C(=O)[C@@H]2C1. The number of carbonyl (C=O) groups excluding carboxylic acids is 3. The molecule has 4 rings (SSSR count). The second-order valence-electron chi connectivity index (χ2n) is 7.03. The minimum Gasteiger partial charge on any atom is -0.294 e. The zero-order valence-electron chi connectivity index (χ0n) is 14.3. The zero-order valence-corrected chi connectivity index (χ0v) is 15.9. The van der Waals surface area contributed by atoms with Crippen LogP contribution in [0.2, 0.25) is 0 Å². The summed E-state index contributed by atoms with van der Waals surface area (Å²) in [4.78, 5) is 40.4. The monoisotopic (exact) mass is 408 g/mol. The maximum Gasteiger partial charge on any atom is 0.178 e. The number of rotatable bonds is 2. The van der Waals surface area contributed by atoms with Gasteiger partial charge in [-0.1, -0.05) is 70.0 Å². The van der Waals surface area contributed by atoms with Crippen molar-refractivity contribution in [2.45, 2.75) is 19.8 Å². The van der Waals surface area contributed by atoms with E-state index in [0.717, 1.165) is 5.57 Å². The summed E-state index contributed by atoms with van der Waals surface area (Å²) in [6.07, 6.45) is 2.64. The third kappa shape index (κ3) is 2.28. The van der Waals surface area contributed by atoms with Crippen molar-refractivity contribution in [2.75, 3.05) is 0 Å². The number of carbonyl (C=O) groups is 3. The highest BCUT2D eigenvalue weighted by Crippen LogP contribution is 2.50. The minimum atomic E-state index is -1.35. The van der Waals surface area contributed by atoms with Gasteiger partial charge in [0.25, 0.3) is 0 Å². The fourth-order valence-electron chi connectivity index (χ4n) is 4.19. The molecule has 2 aliphatic carbocycles. The molecule has 0 aliphatic heterocycles. The molecule has 0 radical (unpaired) electrons. The van der Waals surface area contributed by atoms with E-state index in [1.165, 1.54) is 0 Å². The molecule has 0 unspecified atom stereocenters. The van der Waals surface area contributed by atoms with Gasteiger partial charge >= 0.3 is 0 Å². The number of allylic oxidation sites excluding steroid dienone is 2. The number of Topliss-reactive ketones (excluding diaryl/α,β-unsaturated/α-hetero) is 3. The Morgan fingerprint density at radius 3 is 2.42 bits per heavy atom. The van der Waals surface area contributed by atoms with Gasteiger partial charge in [-0.05, 0) is 25.8 Å². The summed E-state index contributed by atoms with van der Waals surface area (Å²) >= 11 is 3.42. The standard InChI is InChI=1S/C22H17BrO3/c1-13-10-11-22(21(26)16-8-4-5-9-18(16)23)17(12-13)19(24)14-6-2-3-7-15(14)20(22)25/h2-10,17H,11-12H2,1H3/t17-,22+/m0/s1. The van der Waals surface area contributed by atoms with Crippen molar-refractivity contribution in [2.24, 2.45) is 11.3 Å². The van der Waals surface area contributed by atoms with Gasteiger partial charge in [-0.25, -0.2) is 0 Å². The average Bonchev–Trinajstić information content (AvgIpc) is 2.66. The quantitative estimate of drug-likeness (QED) is 0.396. The van der Waals surface area contributed by atoms with Crippen LogP contribution in [0.3, 0.4) is 0 Å². The van der Waals surface area contributed by atoms with Crippen LogP contribution in [0.1, 0.15) is 50.8 Å². The Morgan fingerprint density at radius 2 is 1.69 bits per heavy atom. The molecular formula is C22H17BrO3. The van der Waals surface area contributed by atoms with E-state index in [9.17, 15) is 14.4 Å². The molecule has 26 heavy (non-hydrogen) atoms. The summed E-state index contributed by atoms with van der Waals surface area (Å²) in [5.41, 5.74) is 0.946. The molecule has 0 saturated heterocycles. The van der Waals surface area contributed by atoms with E-state index < -0.39 is 11.3 Å². The normalized spacial score (nSPS) is 24.5. The third-order valence-corrected chi connectivity index (χ3v) is 6.27. The number of hydrogen-bond acceptors (Lipinski definition) is 3. The van der Waals surface area contributed by atoms with Gasteiger partial charge < -0.3 is 0 Å². The number of benzene rings is 2. The van der Waals surface area contributed by atoms with E-state index in [1.54, 1.807) is 42.5 Å². The summed E-state index contributed by atoms with van der Waals surface area (Å²) in [5.74, 6) is -1.25. The predicted octanol–water partition coefficient (Wildman–Crippen LogP) is 5.05. The van der Waals surface area contributed by atoms with Gasteiger partial charge in [-0.3, -0.25) is 14.4 Å². The van der Waals surface area contributed by atoms with E-state index >= 15 is 0 Å². The fourth-order valence-corrected chi connectivity index (χ4v) is 4.65. The number of hydrogen-bond donors (Lipinski definition) is 0. The van der Waals surface area contributed by atoms with E-state index in [2.05, 4.69) is 15.9 Å². The van der Waals surface area contributed by atoms with Gasteiger partial charge in [0, 0.05) is 27.1 Å². The molecule has 0 spiro atoms. The van der Waals surface area contributed by atoms with Crippen molar-refractivity contribution < 1.29 is 14.4 Å². The number of ketones is 3. The smallest absolute Gasteiger partial charge is 0.178 e. The lowest BCUT2D eigenvalue weighted by Gasteiger charge is -2.43. The van der Waals surface area contributed by atoms with E-state index in [4.69, 9.17) is 0 Å². The van der Waals surface area contributed by atoms with Gasteiger partial charge in [-0.15, -0.1) is 0 Å². The molecule has 3 nitrogen and oxygen atoms in total. The molecular weight excluding hydrogens is 392 g/mol. The highest BCUT2D eigenvalue weighted by molar-refractivity contribution is 9.10. The fraction of sp³-hybridized carbons (Fsp3) is 0.227. The lowest BCUT2D eigenvalue weighted by atomic mass is 9.55. The first-order valence-electron chi connectivity index (χ1n) is 8.60. The van der Waals surface area contributed by atoms with Gasteiger partial charge in [0.1, 0.15) is 5.41 Å². The van der Waals surface area contributed by atoms with Crippen LogP contribution >= 0.6 is 15.9 Å². The van der Waals surface area contributed by atoms with Gasteiger partial charge in [0.05, 0.1) is 0 Å². The molecule has 0 bridgehead atoms. The highest BCUT2D eigenvalue weighted by atomic mass is 79.9. The molecule has 0 amide bonds. The van der Waals surface area contributed by atoms with Crippen molar-refractivity contribution in [3.63, 3.8) is 0 Å². The van der Waals surface area contributed by atoms with Crippen LogP contribution in [0.15, 0.2) is 64.7 Å². The summed E-state index contributed by atoms with van der Waals surface area (Å²) in [6, 6.07) is 13.9. The molecule has 2 aliphatic rings. The summed E-state index contributed by atoms with van der Waals surface area (Å²) < 4.78 is 0.642. The van der Waals surface area contributed by atoms with E-state index in [1.807, 2.05) is 19.1 Å². The van der Waals surface area contributed by atoms with Crippen molar-refractivity contribution in [3.8, 4) is 0 Å². The average molecular weight is 409 g/mol. The molecule has 0 aromatic heterocycles. The molecule has 2 aromatic rings. The van der Waals surface area contributed by atoms with Crippen LogP contribution in [-0.2, 0) is 0 Å². The van der Waals surface area contributed by atoms with Gasteiger partial charge in [0.2, 0.25) is 0 Å². The Hall–Kier alpha value is -2.33. The second kappa shape index (κ2) is 6.13. The number of halogens is 1. The van der Waals surface area contributed by atoms with Crippen molar-refractivity contribution in [1.82, 2.24) is 0 Å². The molecule has 2 atom stereocenters. The summed E-state index contributed by atoms with van der Waals surface area (Å²) in [5, 5.41) is 0. The molecule has 130 valence electrons. The van der Waals surface area contributed by atoms with Crippen LogP contribution in [0, 0.1) is 11.3 Å². The molecule has 4 heteroatoms. The van der Waals surface area contributed by atoms with E-state index in [0.29, 0.717) is 27.6 Å². The van der Waals surface area contributed by atoms with Crippen LogP contribution in [0.5, 0.6) is 0 Å². The second-order valence-corrected chi connectivity index (χ2v) is 7.88. The molecule has 0 heterocycles. The van der Waals surface area contributed by atoms with Crippen molar-refractivity contribution >= 4 is 33.3 Å². The molecule has 0 N–H and O–H groups in total. The highest BCUT2D eigenvalue weighted by Gasteiger charge is 2.58. The lowest BCUT2D eigenvalue weighted by Crippen LogP contribution is -2.53. The summed E-state index contributed by atoms with van der Waals surface area (Å²) in [7, 11) is 0. The predicted molar refractivity (Wildman–Crippen MR) is 102 cm³/mol. The lowest BCUT2D eigenvalue weighted by molar-refractivity contribution is 0.0459. The van der Waals surface area contributed by atoms with Crippen LogP contribution < -0.4 is 0 Å². The first kappa shape index (κ1) is 17.1. The Kier molecular flexibility index (Phi) is 4.03. The number of fused-ring (bicyclic) bond motifs is 2. The molecule has 2 aromatic carbocycles. The maximum absolute atomic E-state index is 13.6. The Labute approximate surface area is 160 Å². The topological polar surface area (TPSA) is 51.2 Å². The van der Waals surface area contributed by atoms with Crippen LogP contribution in [0.4, 0.5) is 0 Å². The molecule has 0 fully saturated rings. The Balaban J connectivity index is 1.97. The van der Waals surface area contributed by atoms with Crippen molar-refractivity contribution in [1.29, 1.82) is 0 Å². The van der Waals surface area contributed by atoms with Gasteiger partial charge in [0.15, 0.2) is 17.3 Å². The van der Waals surface area contributed by atoms with Gasteiger partial charge in [-0.2, -0.15) is 0 Å². The Morgan fingerprint density at radius 1 is 1.04 bits per heavy atom.